The molecule has 0 aliphatic heterocycles. The van der Waals surface area contributed by atoms with Crippen molar-refractivity contribution in [3.05, 3.63) is 58.6 Å². The lowest BCUT2D eigenvalue weighted by molar-refractivity contribution is 0.306. The minimum Gasteiger partial charge on any atom is -0.495 e. The van der Waals surface area contributed by atoms with E-state index in [0.29, 0.717) is 23.1 Å². The van der Waals surface area contributed by atoms with Gasteiger partial charge in [0.15, 0.2) is 0 Å². The summed E-state index contributed by atoms with van der Waals surface area (Å²) in [5.74, 6) is 6.85. The van der Waals surface area contributed by atoms with Crippen LogP contribution in [0.2, 0.25) is 5.02 Å². The molecule has 0 fully saturated rings. The SMILES string of the molecule is COc1ccc(COc2cccc(Cl)c2)cc1C#CCO. The average molecular weight is 303 g/mol. The fourth-order valence-corrected chi connectivity index (χ4v) is 1.98. The molecule has 2 aromatic rings. The molecule has 0 heterocycles. The van der Waals surface area contributed by atoms with Gasteiger partial charge in [-0.15, -0.1) is 0 Å². The van der Waals surface area contributed by atoms with Crippen molar-refractivity contribution >= 4 is 11.6 Å². The van der Waals surface area contributed by atoms with Crippen molar-refractivity contribution in [2.24, 2.45) is 0 Å². The standard InChI is InChI=1S/C17H15ClO3/c1-20-17-8-7-13(10-14(17)4-3-9-19)12-21-16-6-2-5-15(18)11-16/h2,5-8,10-11,19H,9,12H2,1H3. The molecule has 0 bridgehead atoms. The second-order valence-electron chi connectivity index (χ2n) is 4.24. The zero-order chi connectivity index (χ0) is 15.1. The number of aliphatic hydroxyl groups is 1. The Bertz CT molecular complexity index is 671. The third-order valence-corrected chi connectivity index (χ3v) is 3.00. The Morgan fingerprint density at radius 1 is 1.19 bits per heavy atom. The molecule has 21 heavy (non-hydrogen) atoms. The molecule has 0 atom stereocenters. The molecule has 0 saturated heterocycles. The molecule has 2 aromatic carbocycles. The van der Waals surface area contributed by atoms with Gasteiger partial charge in [0.2, 0.25) is 0 Å². The third kappa shape index (κ3) is 4.42. The van der Waals surface area contributed by atoms with Crippen molar-refractivity contribution < 1.29 is 14.6 Å². The lowest BCUT2D eigenvalue weighted by atomic mass is 10.1. The van der Waals surface area contributed by atoms with Gasteiger partial charge in [-0.3, -0.25) is 0 Å². The summed E-state index contributed by atoms with van der Waals surface area (Å²) in [5, 5.41) is 9.42. The summed E-state index contributed by atoms with van der Waals surface area (Å²) in [4.78, 5) is 0. The van der Waals surface area contributed by atoms with Crippen LogP contribution in [0.15, 0.2) is 42.5 Å². The number of methoxy groups -OCH3 is 1. The van der Waals surface area contributed by atoms with E-state index in [-0.39, 0.29) is 6.61 Å². The van der Waals surface area contributed by atoms with Gasteiger partial charge in [-0.2, -0.15) is 0 Å². The first-order chi connectivity index (χ1) is 10.2. The van der Waals surface area contributed by atoms with Crippen LogP contribution in [-0.2, 0) is 6.61 Å². The van der Waals surface area contributed by atoms with Gasteiger partial charge in [-0.25, -0.2) is 0 Å². The Labute approximate surface area is 129 Å². The molecule has 0 aliphatic rings. The molecule has 3 nitrogen and oxygen atoms in total. The monoisotopic (exact) mass is 302 g/mol. The van der Waals surface area contributed by atoms with Crippen LogP contribution in [0.25, 0.3) is 0 Å². The lowest BCUT2D eigenvalue weighted by Gasteiger charge is -2.09. The van der Waals surface area contributed by atoms with Crippen LogP contribution >= 0.6 is 11.6 Å². The smallest absolute Gasteiger partial charge is 0.134 e. The molecular formula is C17H15ClO3. The molecule has 1 N–H and O–H groups in total. The van der Waals surface area contributed by atoms with E-state index >= 15 is 0 Å². The van der Waals surface area contributed by atoms with E-state index < -0.39 is 0 Å². The van der Waals surface area contributed by atoms with E-state index in [1.165, 1.54) is 0 Å². The third-order valence-electron chi connectivity index (χ3n) is 2.77. The quantitative estimate of drug-likeness (QED) is 0.881. The van der Waals surface area contributed by atoms with Crippen molar-refractivity contribution in [3.8, 4) is 23.3 Å². The minimum absolute atomic E-state index is 0.188. The predicted octanol–water partition coefficient (Wildman–Crippen LogP) is 3.27. The van der Waals surface area contributed by atoms with Crippen LogP contribution in [-0.4, -0.2) is 18.8 Å². The van der Waals surface area contributed by atoms with Crippen molar-refractivity contribution in [3.63, 3.8) is 0 Å². The highest BCUT2D eigenvalue weighted by Crippen LogP contribution is 2.21. The zero-order valence-electron chi connectivity index (χ0n) is 11.6. The molecule has 0 amide bonds. The molecule has 0 radical (unpaired) electrons. The number of hydrogen-bond acceptors (Lipinski definition) is 3. The number of hydrogen-bond donors (Lipinski definition) is 1. The number of halogens is 1. The first-order valence-electron chi connectivity index (χ1n) is 6.38. The number of ether oxygens (including phenoxy) is 2. The molecule has 0 aliphatic carbocycles. The van der Waals surface area contributed by atoms with E-state index in [9.17, 15) is 0 Å². The maximum absolute atomic E-state index is 8.79. The van der Waals surface area contributed by atoms with Gasteiger partial charge in [-0.1, -0.05) is 35.6 Å². The summed E-state index contributed by atoms with van der Waals surface area (Å²) < 4.78 is 10.9. The normalized spacial score (nSPS) is 9.67. The zero-order valence-corrected chi connectivity index (χ0v) is 12.4. The van der Waals surface area contributed by atoms with Crippen molar-refractivity contribution in [2.75, 3.05) is 13.7 Å². The summed E-state index contributed by atoms with van der Waals surface area (Å²) in [7, 11) is 1.58. The summed E-state index contributed by atoms with van der Waals surface area (Å²) in [6.45, 7) is 0.213. The molecular weight excluding hydrogens is 288 g/mol. The highest BCUT2D eigenvalue weighted by molar-refractivity contribution is 6.30. The Hall–Kier alpha value is -2.15. The summed E-state index contributed by atoms with van der Waals surface area (Å²) in [6.07, 6.45) is 0. The van der Waals surface area contributed by atoms with Crippen molar-refractivity contribution in [1.82, 2.24) is 0 Å². The van der Waals surface area contributed by atoms with Gasteiger partial charge < -0.3 is 14.6 Å². The number of rotatable bonds is 4. The number of aliphatic hydroxyl groups excluding tert-OH is 1. The van der Waals surface area contributed by atoms with Gasteiger partial charge in [0.05, 0.1) is 12.7 Å². The Morgan fingerprint density at radius 3 is 2.76 bits per heavy atom. The van der Waals surface area contributed by atoms with Crippen LogP contribution in [0.5, 0.6) is 11.5 Å². The van der Waals surface area contributed by atoms with Gasteiger partial charge >= 0.3 is 0 Å². The fraction of sp³-hybridized carbons (Fsp3) is 0.176. The van der Waals surface area contributed by atoms with Gasteiger partial charge in [0, 0.05) is 5.02 Å². The first-order valence-corrected chi connectivity index (χ1v) is 6.75. The molecule has 108 valence electrons. The predicted molar refractivity (Wildman–Crippen MR) is 82.7 cm³/mol. The van der Waals surface area contributed by atoms with Gasteiger partial charge in [0.25, 0.3) is 0 Å². The minimum atomic E-state index is -0.188. The summed E-state index contributed by atoms with van der Waals surface area (Å²) >= 11 is 5.91. The van der Waals surface area contributed by atoms with Gasteiger partial charge in [-0.05, 0) is 35.9 Å². The second-order valence-corrected chi connectivity index (χ2v) is 4.68. The van der Waals surface area contributed by atoms with E-state index in [0.717, 1.165) is 11.1 Å². The lowest BCUT2D eigenvalue weighted by Crippen LogP contribution is -1.97. The van der Waals surface area contributed by atoms with E-state index in [4.69, 9.17) is 26.2 Å². The van der Waals surface area contributed by atoms with E-state index in [2.05, 4.69) is 11.8 Å². The van der Waals surface area contributed by atoms with E-state index in [1.807, 2.05) is 30.3 Å². The van der Waals surface area contributed by atoms with Crippen molar-refractivity contribution in [2.45, 2.75) is 6.61 Å². The second kappa shape index (κ2) is 7.58. The van der Waals surface area contributed by atoms with E-state index in [1.54, 1.807) is 19.2 Å². The Kier molecular flexibility index (Phi) is 5.51. The molecule has 2 rings (SSSR count). The molecule has 0 saturated carbocycles. The van der Waals surface area contributed by atoms with Crippen molar-refractivity contribution in [1.29, 1.82) is 0 Å². The first kappa shape index (κ1) is 15.2. The maximum Gasteiger partial charge on any atom is 0.134 e. The summed E-state index contributed by atoms with van der Waals surface area (Å²) in [5.41, 5.74) is 1.68. The highest BCUT2D eigenvalue weighted by Gasteiger charge is 2.03. The maximum atomic E-state index is 8.79. The van der Waals surface area contributed by atoms with Crippen LogP contribution < -0.4 is 9.47 Å². The largest absolute Gasteiger partial charge is 0.495 e. The van der Waals surface area contributed by atoms with Crippen LogP contribution in [0, 0.1) is 11.8 Å². The van der Waals surface area contributed by atoms with Crippen LogP contribution in [0.1, 0.15) is 11.1 Å². The van der Waals surface area contributed by atoms with Crippen LogP contribution in [0.3, 0.4) is 0 Å². The Balaban J connectivity index is 2.13. The van der Waals surface area contributed by atoms with Crippen LogP contribution in [0.4, 0.5) is 0 Å². The number of benzene rings is 2. The average Bonchev–Trinajstić information content (AvgIpc) is 2.51. The molecule has 0 aromatic heterocycles. The highest BCUT2D eigenvalue weighted by atomic mass is 35.5. The molecule has 4 heteroatoms. The summed E-state index contributed by atoms with van der Waals surface area (Å²) in [6, 6.07) is 12.9. The Morgan fingerprint density at radius 2 is 2.05 bits per heavy atom. The fourth-order valence-electron chi connectivity index (χ4n) is 1.80. The topological polar surface area (TPSA) is 38.7 Å². The van der Waals surface area contributed by atoms with Gasteiger partial charge in [0.1, 0.15) is 24.7 Å². The molecule has 0 unspecified atom stereocenters. The molecule has 0 spiro atoms.